The van der Waals surface area contributed by atoms with E-state index in [0.29, 0.717) is 43.2 Å². The molecule has 0 radical (unpaired) electrons. The fraction of sp³-hybridized carbons (Fsp3) is 0.240. The number of pyridine rings is 1. The molecule has 0 saturated carbocycles. The first kappa shape index (κ1) is 21.8. The fourth-order valence-electron chi connectivity index (χ4n) is 3.81. The van der Waals surface area contributed by atoms with Crippen molar-refractivity contribution in [1.82, 2.24) is 15.2 Å². The first-order chi connectivity index (χ1) is 15.6. The average Bonchev–Trinajstić information content (AvgIpc) is 2.85. The number of carbonyl (C=O) groups excluding carboxylic acids is 2. The second-order valence-electron chi connectivity index (χ2n) is 7.72. The maximum atomic E-state index is 13.4. The molecule has 1 aliphatic heterocycles. The molecule has 2 aromatic carbocycles. The van der Waals surface area contributed by atoms with Crippen LogP contribution in [0.15, 0.2) is 79.0 Å². The van der Waals surface area contributed by atoms with Crippen molar-refractivity contribution < 1.29 is 9.59 Å². The predicted molar refractivity (Wildman–Crippen MR) is 126 cm³/mol. The molecule has 1 N–H and O–H groups in total. The van der Waals surface area contributed by atoms with Crippen LogP contribution in [0.2, 0.25) is 5.02 Å². The molecule has 0 aliphatic carbocycles. The van der Waals surface area contributed by atoms with E-state index < -0.39 is 6.04 Å². The molecule has 1 fully saturated rings. The van der Waals surface area contributed by atoms with Crippen molar-refractivity contribution in [3.05, 3.63) is 95.1 Å². The van der Waals surface area contributed by atoms with Crippen molar-refractivity contribution in [1.29, 1.82) is 0 Å². The molecule has 164 valence electrons. The van der Waals surface area contributed by atoms with Gasteiger partial charge < -0.3 is 15.1 Å². The second-order valence-corrected chi connectivity index (χ2v) is 8.16. The van der Waals surface area contributed by atoms with E-state index in [2.05, 4.69) is 15.2 Å². The maximum Gasteiger partial charge on any atom is 0.251 e. The summed E-state index contributed by atoms with van der Waals surface area (Å²) in [6.45, 7) is 2.56. The summed E-state index contributed by atoms with van der Waals surface area (Å²) < 4.78 is 0. The van der Waals surface area contributed by atoms with E-state index in [-0.39, 0.29) is 11.8 Å². The minimum absolute atomic E-state index is 0.0724. The van der Waals surface area contributed by atoms with E-state index in [1.54, 1.807) is 30.5 Å². The quantitative estimate of drug-likeness (QED) is 0.627. The monoisotopic (exact) mass is 448 g/mol. The molecule has 7 heteroatoms. The Morgan fingerprint density at radius 2 is 1.59 bits per heavy atom. The van der Waals surface area contributed by atoms with Crippen LogP contribution in [0.4, 0.5) is 5.82 Å². The van der Waals surface area contributed by atoms with Crippen LogP contribution in [0, 0.1) is 0 Å². The molecular formula is C25H25ClN4O2. The molecule has 4 rings (SSSR count). The number of piperazine rings is 1. The largest absolute Gasteiger partial charge is 0.353 e. The van der Waals surface area contributed by atoms with Crippen molar-refractivity contribution >= 4 is 29.2 Å². The van der Waals surface area contributed by atoms with Crippen LogP contribution in [0.25, 0.3) is 0 Å². The third-order valence-corrected chi connectivity index (χ3v) is 5.81. The molecule has 6 nitrogen and oxygen atoms in total. The van der Waals surface area contributed by atoms with E-state index in [9.17, 15) is 9.59 Å². The lowest BCUT2D eigenvalue weighted by Crippen LogP contribution is -2.55. The summed E-state index contributed by atoms with van der Waals surface area (Å²) in [6, 6.07) is 21.6. The van der Waals surface area contributed by atoms with Crippen LogP contribution in [0.1, 0.15) is 15.9 Å². The Morgan fingerprint density at radius 3 is 2.25 bits per heavy atom. The number of nitrogens with zero attached hydrogens (tertiary/aromatic N) is 3. The molecule has 1 atom stereocenters. The maximum absolute atomic E-state index is 13.4. The van der Waals surface area contributed by atoms with Gasteiger partial charge in [0, 0.05) is 49.4 Å². The number of carbonyl (C=O) groups is 2. The van der Waals surface area contributed by atoms with Crippen molar-refractivity contribution in [2.75, 3.05) is 31.1 Å². The first-order valence-corrected chi connectivity index (χ1v) is 11.0. The number of rotatable bonds is 6. The molecule has 3 aromatic rings. The van der Waals surface area contributed by atoms with Crippen molar-refractivity contribution in [3.8, 4) is 0 Å². The Hall–Kier alpha value is -3.38. The van der Waals surface area contributed by atoms with Gasteiger partial charge in [0.1, 0.15) is 11.9 Å². The predicted octanol–water partition coefficient (Wildman–Crippen LogP) is 3.42. The van der Waals surface area contributed by atoms with Crippen LogP contribution in [-0.2, 0) is 11.2 Å². The molecule has 1 aliphatic rings. The average molecular weight is 449 g/mol. The number of anilines is 1. The normalized spacial score (nSPS) is 14.7. The molecule has 2 amide bonds. The molecule has 0 spiro atoms. The van der Waals surface area contributed by atoms with E-state index in [4.69, 9.17) is 11.6 Å². The van der Waals surface area contributed by atoms with E-state index in [1.807, 2.05) is 53.4 Å². The molecule has 0 bridgehead atoms. The van der Waals surface area contributed by atoms with Crippen LogP contribution in [0.5, 0.6) is 0 Å². The number of benzene rings is 2. The third-order valence-electron chi connectivity index (χ3n) is 5.56. The Morgan fingerprint density at radius 1 is 0.906 bits per heavy atom. The lowest BCUT2D eigenvalue weighted by molar-refractivity contribution is -0.133. The van der Waals surface area contributed by atoms with Gasteiger partial charge in [0.05, 0.1) is 0 Å². The van der Waals surface area contributed by atoms with Gasteiger partial charge in [0.25, 0.3) is 5.91 Å². The van der Waals surface area contributed by atoms with Crippen molar-refractivity contribution in [2.45, 2.75) is 12.5 Å². The Balaban J connectivity index is 1.46. The SMILES string of the molecule is O=C(N[C@@H](Cc1ccccc1)C(=O)N1CCN(c2ccccn2)CC1)c1ccc(Cl)cc1. The van der Waals surface area contributed by atoms with Gasteiger partial charge in [0.15, 0.2) is 0 Å². The van der Waals surface area contributed by atoms with E-state index >= 15 is 0 Å². The third kappa shape index (κ3) is 5.45. The summed E-state index contributed by atoms with van der Waals surface area (Å²) >= 11 is 5.94. The summed E-state index contributed by atoms with van der Waals surface area (Å²) in [5.41, 5.74) is 1.47. The highest BCUT2D eigenvalue weighted by atomic mass is 35.5. The zero-order valence-corrected chi connectivity index (χ0v) is 18.4. The number of hydrogen-bond donors (Lipinski definition) is 1. The van der Waals surface area contributed by atoms with Crippen molar-refractivity contribution in [2.24, 2.45) is 0 Å². The summed E-state index contributed by atoms with van der Waals surface area (Å²) in [5, 5.41) is 3.50. The van der Waals surface area contributed by atoms with Crippen LogP contribution < -0.4 is 10.2 Å². The molecule has 1 saturated heterocycles. The minimum Gasteiger partial charge on any atom is -0.353 e. The Bertz CT molecular complexity index is 1040. The topological polar surface area (TPSA) is 65.5 Å². The van der Waals surface area contributed by atoms with Gasteiger partial charge in [-0.1, -0.05) is 48.0 Å². The zero-order chi connectivity index (χ0) is 22.3. The van der Waals surface area contributed by atoms with Gasteiger partial charge in [0.2, 0.25) is 5.91 Å². The van der Waals surface area contributed by atoms with Crippen LogP contribution >= 0.6 is 11.6 Å². The van der Waals surface area contributed by atoms with Gasteiger partial charge >= 0.3 is 0 Å². The van der Waals surface area contributed by atoms with Gasteiger partial charge in [-0.15, -0.1) is 0 Å². The lowest BCUT2D eigenvalue weighted by atomic mass is 10.0. The highest BCUT2D eigenvalue weighted by Gasteiger charge is 2.29. The summed E-state index contributed by atoms with van der Waals surface area (Å²) in [5.74, 6) is 0.552. The van der Waals surface area contributed by atoms with Crippen LogP contribution in [-0.4, -0.2) is 53.9 Å². The molecule has 2 heterocycles. The molecule has 0 unspecified atom stereocenters. The zero-order valence-electron chi connectivity index (χ0n) is 17.7. The Labute approximate surface area is 192 Å². The summed E-state index contributed by atoms with van der Waals surface area (Å²) in [6.07, 6.45) is 2.20. The highest BCUT2D eigenvalue weighted by Crippen LogP contribution is 2.15. The van der Waals surface area contributed by atoms with Crippen molar-refractivity contribution in [3.63, 3.8) is 0 Å². The van der Waals surface area contributed by atoms with Gasteiger partial charge in [-0.05, 0) is 42.0 Å². The number of amides is 2. The van der Waals surface area contributed by atoms with E-state index in [1.165, 1.54) is 0 Å². The Kier molecular flexibility index (Phi) is 7.02. The summed E-state index contributed by atoms with van der Waals surface area (Å²) in [7, 11) is 0. The molecular weight excluding hydrogens is 424 g/mol. The number of halogens is 1. The van der Waals surface area contributed by atoms with Gasteiger partial charge in [-0.25, -0.2) is 4.98 Å². The number of aromatic nitrogens is 1. The van der Waals surface area contributed by atoms with E-state index in [0.717, 1.165) is 11.4 Å². The number of hydrogen-bond acceptors (Lipinski definition) is 4. The first-order valence-electron chi connectivity index (χ1n) is 10.7. The fourth-order valence-corrected chi connectivity index (χ4v) is 3.94. The standard InChI is InChI=1S/C25H25ClN4O2/c26-21-11-9-20(10-12-21)24(31)28-22(18-19-6-2-1-3-7-19)25(32)30-16-14-29(15-17-30)23-8-4-5-13-27-23/h1-13,22H,14-18H2,(H,28,31)/t22-/m0/s1. The number of nitrogens with one attached hydrogen (secondary N) is 1. The van der Waals surface area contributed by atoms with Gasteiger partial charge in [-0.3, -0.25) is 9.59 Å². The molecule has 32 heavy (non-hydrogen) atoms. The highest BCUT2D eigenvalue weighted by molar-refractivity contribution is 6.30. The minimum atomic E-state index is -0.651. The second kappa shape index (κ2) is 10.3. The smallest absolute Gasteiger partial charge is 0.251 e. The van der Waals surface area contributed by atoms with Crippen LogP contribution in [0.3, 0.4) is 0 Å². The summed E-state index contributed by atoms with van der Waals surface area (Å²) in [4.78, 5) is 34.7. The lowest BCUT2D eigenvalue weighted by Gasteiger charge is -2.37. The molecule has 1 aromatic heterocycles. The van der Waals surface area contributed by atoms with Gasteiger partial charge in [-0.2, -0.15) is 0 Å².